The second-order valence-electron chi connectivity index (χ2n) is 3.32. The van der Waals surface area contributed by atoms with E-state index in [1.54, 1.807) is 25.3 Å². The molecule has 0 amide bonds. The van der Waals surface area contributed by atoms with Gasteiger partial charge >= 0.3 is 0 Å². The maximum Gasteiger partial charge on any atom is 0.268 e. The number of ketones is 1. The van der Waals surface area contributed by atoms with Crippen molar-refractivity contribution in [3.63, 3.8) is 0 Å². The fraction of sp³-hybridized carbons (Fsp3) is 0.0833. The summed E-state index contributed by atoms with van der Waals surface area (Å²) in [6, 6.07) is 3.36. The largest absolute Gasteiger partial charge is 0.359 e. The number of nitro groups is 1. The van der Waals surface area contributed by atoms with Crippen molar-refractivity contribution in [2.45, 2.75) is 6.92 Å². The lowest BCUT2D eigenvalue weighted by atomic mass is 10.1. The van der Waals surface area contributed by atoms with Crippen molar-refractivity contribution in [2.75, 3.05) is 0 Å². The molecule has 0 unspecified atom stereocenters. The second-order valence-corrected chi connectivity index (χ2v) is 3.32. The molecule has 0 bridgehead atoms. The van der Waals surface area contributed by atoms with Gasteiger partial charge in [-0.15, -0.1) is 0 Å². The Balaban J connectivity index is 2.90. The molecule has 0 radical (unpaired) electrons. The molecule has 0 atom stereocenters. The van der Waals surface area contributed by atoms with E-state index in [2.05, 4.69) is 11.6 Å². The molecule has 1 aromatic heterocycles. The fourth-order valence-electron chi connectivity index (χ4n) is 1.17. The summed E-state index contributed by atoms with van der Waals surface area (Å²) in [6.45, 7) is 4.92. The quantitative estimate of drug-likeness (QED) is 0.278. The van der Waals surface area contributed by atoms with E-state index < -0.39 is 4.92 Å². The zero-order chi connectivity index (χ0) is 12.8. The first-order valence-corrected chi connectivity index (χ1v) is 4.89. The van der Waals surface area contributed by atoms with Crippen molar-refractivity contribution in [1.29, 1.82) is 0 Å². The summed E-state index contributed by atoms with van der Waals surface area (Å²) < 4.78 is 0. The molecule has 1 aromatic rings. The zero-order valence-electron chi connectivity index (χ0n) is 9.34. The summed E-state index contributed by atoms with van der Waals surface area (Å²) in [5, 5.41) is 10.5. The molecule has 0 saturated heterocycles. The molecule has 0 fully saturated rings. The number of carbonyl (C=O) groups is 1. The van der Waals surface area contributed by atoms with Gasteiger partial charge in [0.25, 0.3) is 5.70 Å². The highest BCUT2D eigenvalue weighted by Crippen LogP contribution is 2.07. The minimum absolute atomic E-state index is 0.149. The topological polar surface area (TPSA) is 76.0 Å². The van der Waals surface area contributed by atoms with Crippen molar-refractivity contribution in [3.05, 3.63) is 70.2 Å². The van der Waals surface area contributed by atoms with Gasteiger partial charge in [-0.05, 0) is 30.7 Å². The number of aromatic nitrogens is 1. The first-order chi connectivity index (χ1) is 8.06. The highest BCUT2D eigenvalue weighted by molar-refractivity contribution is 6.07. The first-order valence-electron chi connectivity index (χ1n) is 4.89. The summed E-state index contributed by atoms with van der Waals surface area (Å²) >= 11 is 0. The number of allylic oxidation sites excluding steroid dienone is 4. The number of rotatable bonds is 5. The lowest BCUT2D eigenvalue weighted by Crippen LogP contribution is -2.01. The molecular formula is C12H12N2O3. The summed E-state index contributed by atoms with van der Waals surface area (Å²) in [6.07, 6.45) is 5.43. The Morgan fingerprint density at radius 3 is 2.71 bits per heavy atom. The molecule has 0 aliphatic carbocycles. The summed E-state index contributed by atoms with van der Waals surface area (Å²) in [5.74, 6) is -0.196. The Morgan fingerprint density at radius 1 is 1.53 bits per heavy atom. The standard InChI is InChI=1S/C12H12N2O3/c1-3-10(14(16)17)7-6-9(2)12(15)11-5-4-8-13-11/h3-8,13H,1H2,2H3/b9-6+,10-7+. The third-order valence-electron chi connectivity index (χ3n) is 2.12. The van der Waals surface area contributed by atoms with E-state index in [4.69, 9.17) is 0 Å². The van der Waals surface area contributed by atoms with Gasteiger partial charge in [0.1, 0.15) is 0 Å². The van der Waals surface area contributed by atoms with Crippen molar-refractivity contribution in [3.8, 4) is 0 Å². The minimum Gasteiger partial charge on any atom is -0.359 e. The maximum absolute atomic E-state index is 11.8. The van der Waals surface area contributed by atoms with Crippen LogP contribution in [-0.4, -0.2) is 15.7 Å². The summed E-state index contributed by atoms with van der Waals surface area (Å²) in [4.78, 5) is 24.5. The van der Waals surface area contributed by atoms with Crippen molar-refractivity contribution < 1.29 is 9.72 Å². The van der Waals surface area contributed by atoms with E-state index in [0.29, 0.717) is 11.3 Å². The Kier molecular flexibility index (Phi) is 4.16. The third kappa shape index (κ3) is 3.27. The van der Waals surface area contributed by atoms with Crippen LogP contribution in [0.2, 0.25) is 0 Å². The van der Waals surface area contributed by atoms with Gasteiger partial charge in [-0.25, -0.2) is 0 Å². The Bertz CT molecular complexity index is 496. The lowest BCUT2D eigenvalue weighted by Gasteiger charge is -1.96. The Morgan fingerprint density at radius 2 is 2.24 bits per heavy atom. The zero-order valence-corrected chi connectivity index (χ0v) is 9.34. The summed E-state index contributed by atoms with van der Waals surface area (Å²) in [7, 11) is 0. The van der Waals surface area contributed by atoms with Crippen LogP contribution in [0.1, 0.15) is 17.4 Å². The maximum atomic E-state index is 11.8. The third-order valence-corrected chi connectivity index (χ3v) is 2.12. The molecular weight excluding hydrogens is 220 g/mol. The highest BCUT2D eigenvalue weighted by Gasteiger charge is 2.08. The van der Waals surface area contributed by atoms with Crippen LogP contribution in [-0.2, 0) is 0 Å². The number of H-pyrrole nitrogens is 1. The molecule has 1 heterocycles. The number of aromatic amines is 1. The van der Waals surface area contributed by atoms with E-state index in [1.165, 1.54) is 12.2 Å². The molecule has 1 N–H and O–H groups in total. The molecule has 0 aliphatic rings. The Labute approximate surface area is 98.3 Å². The Hall–Kier alpha value is -2.43. The predicted octanol–water partition coefficient (Wildman–Crippen LogP) is 2.49. The lowest BCUT2D eigenvalue weighted by molar-refractivity contribution is -0.418. The molecule has 1 rings (SSSR count). The van der Waals surface area contributed by atoms with E-state index in [1.807, 2.05) is 0 Å². The monoisotopic (exact) mass is 232 g/mol. The van der Waals surface area contributed by atoms with Gasteiger partial charge in [0, 0.05) is 18.3 Å². The number of hydrogen-bond acceptors (Lipinski definition) is 3. The number of hydrogen-bond donors (Lipinski definition) is 1. The van der Waals surface area contributed by atoms with E-state index >= 15 is 0 Å². The molecule has 0 spiro atoms. The summed E-state index contributed by atoms with van der Waals surface area (Å²) in [5.41, 5.74) is 0.714. The molecule has 0 aromatic carbocycles. The molecule has 0 aliphatic heterocycles. The van der Waals surface area contributed by atoms with Crippen molar-refractivity contribution >= 4 is 5.78 Å². The molecule has 5 heteroatoms. The molecule has 88 valence electrons. The van der Waals surface area contributed by atoms with Crippen LogP contribution in [0.5, 0.6) is 0 Å². The smallest absolute Gasteiger partial charge is 0.268 e. The van der Waals surface area contributed by atoms with Gasteiger partial charge in [0.2, 0.25) is 5.78 Å². The van der Waals surface area contributed by atoms with E-state index in [-0.39, 0.29) is 11.5 Å². The average molecular weight is 232 g/mol. The van der Waals surface area contributed by atoms with Crippen LogP contribution in [0, 0.1) is 10.1 Å². The second kappa shape index (κ2) is 5.60. The highest BCUT2D eigenvalue weighted by atomic mass is 16.6. The predicted molar refractivity (Wildman–Crippen MR) is 64.2 cm³/mol. The van der Waals surface area contributed by atoms with Crippen molar-refractivity contribution in [1.82, 2.24) is 4.98 Å². The van der Waals surface area contributed by atoms with Crippen LogP contribution in [0.15, 0.2) is 54.4 Å². The van der Waals surface area contributed by atoms with Crippen molar-refractivity contribution in [2.24, 2.45) is 0 Å². The number of nitrogens with one attached hydrogen (secondary N) is 1. The van der Waals surface area contributed by atoms with Gasteiger partial charge in [-0.2, -0.15) is 0 Å². The average Bonchev–Trinajstić information content (AvgIpc) is 2.81. The SMILES string of the molecule is C=C/C(=C\C=C(/C)C(=O)c1ccc[nH]1)[N+](=O)[O-]. The first kappa shape index (κ1) is 12.6. The van der Waals surface area contributed by atoms with Gasteiger partial charge in [-0.1, -0.05) is 6.58 Å². The van der Waals surface area contributed by atoms with Crippen LogP contribution in [0.4, 0.5) is 0 Å². The van der Waals surface area contributed by atoms with Crippen LogP contribution < -0.4 is 0 Å². The van der Waals surface area contributed by atoms with Gasteiger partial charge in [0.05, 0.1) is 10.6 Å². The van der Waals surface area contributed by atoms with E-state index in [9.17, 15) is 14.9 Å². The van der Waals surface area contributed by atoms with Gasteiger partial charge < -0.3 is 4.98 Å². The molecule has 0 saturated carbocycles. The van der Waals surface area contributed by atoms with Crippen LogP contribution in [0.25, 0.3) is 0 Å². The fourth-order valence-corrected chi connectivity index (χ4v) is 1.17. The van der Waals surface area contributed by atoms with Crippen LogP contribution >= 0.6 is 0 Å². The molecule has 5 nitrogen and oxygen atoms in total. The number of nitrogens with zero attached hydrogens (tertiary/aromatic N) is 1. The van der Waals surface area contributed by atoms with Gasteiger partial charge in [-0.3, -0.25) is 14.9 Å². The van der Waals surface area contributed by atoms with Gasteiger partial charge in [0.15, 0.2) is 0 Å². The number of Topliss-reactive ketones (excluding diaryl/α,β-unsaturated/α-hetero) is 1. The van der Waals surface area contributed by atoms with E-state index in [0.717, 1.165) is 6.08 Å². The minimum atomic E-state index is -0.560. The number of carbonyl (C=O) groups excluding carboxylic acids is 1. The molecule has 17 heavy (non-hydrogen) atoms. The van der Waals surface area contributed by atoms with Crippen LogP contribution in [0.3, 0.4) is 0 Å². The normalized spacial score (nSPS) is 12.3.